The molecule has 1 aromatic rings. The van der Waals surface area contributed by atoms with Crippen LogP contribution in [0.2, 0.25) is 0 Å². The molecule has 19 heavy (non-hydrogen) atoms. The van der Waals surface area contributed by atoms with Crippen molar-refractivity contribution in [1.29, 1.82) is 5.26 Å². The Bertz CT molecular complexity index is 436. The van der Waals surface area contributed by atoms with Crippen molar-refractivity contribution >= 4 is 5.91 Å². The number of amides is 1. The molecule has 1 amide bonds. The van der Waals surface area contributed by atoms with Crippen LogP contribution >= 0.6 is 0 Å². The Morgan fingerprint density at radius 3 is 2.53 bits per heavy atom. The van der Waals surface area contributed by atoms with Gasteiger partial charge in [0.2, 0.25) is 5.91 Å². The maximum Gasteiger partial charge on any atom is 0.240 e. The molecule has 0 aliphatic carbocycles. The lowest BCUT2D eigenvalue weighted by Crippen LogP contribution is -2.48. The largest absolute Gasteiger partial charge is 0.338 e. The van der Waals surface area contributed by atoms with E-state index in [0.29, 0.717) is 19.4 Å². The fourth-order valence-electron chi connectivity index (χ4n) is 1.96. The van der Waals surface area contributed by atoms with Gasteiger partial charge in [0.15, 0.2) is 0 Å². The molecule has 102 valence electrons. The number of carbonyl (C=O) groups excluding carboxylic acids is 1. The van der Waals surface area contributed by atoms with Crippen LogP contribution in [0.4, 0.5) is 0 Å². The van der Waals surface area contributed by atoms with Gasteiger partial charge in [-0.15, -0.1) is 0 Å². The van der Waals surface area contributed by atoms with Crippen molar-refractivity contribution in [3.63, 3.8) is 0 Å². The first kappa shape index (κ1) is 15.2. The fraction of sp³-hybridized carbons (Fsp3) is 0.467. The molecule has 1 rings (SSSR count). The molecule has 0 spiro atoms. The highest BCUT2D eigenvalue weighted by Gasteiger charge is 2.22. The Hall–Kier alpha value is -1.86. The molecular weight excluding hydrogens is 238 g/mol. The summed E-state index contributed by atoms with van der Waals surface area (Å²) in [6.45, 7) is 4.31. The normalized spacial score (nSPS) is 11.9. The SMILES string of the molecule is CC(C)N(CCC#N)C(=O)[C@H](N)Cc1ccccc1. The minimum atomic E-state index is -0.552. The summed E-state index contributed by atoms with van der Waals surface area (Å²) in [7, 11) is 0. The number of hydrogen-bond acceptors (Lipinski definition) is 3. The van der Waals surface area contributed by atoms with Gasteiger partial charge in [-0.2, -0.15) is 5.26 Å². The van der Waals surface area contributed by atoms with Gasteiger partial charge in [0.1, 0.15) is 0 Å². The van der Waals surface area contributed by atoms with Gasteiger partial charge in [0.05, 0.1) is 18.5 Å². The average molecular weight is 259 g/mol. The van der Waals surface area contributed by atoms with E-state index in [-0.39, 0.29) is 11.9 Å². The summed E-state index contributed by atoms with van der Waals surface area (Å²) in [5.41, 5.74) is 7.03. The van der Waals surface area contributed by atoms with Crippen LogP contribution in [0, 0.1) is 11.3 Å². The Morgan fingerprint density at radius 1 is 1.37 bits per heavy atom. The maximum absolute atomic E-state index is 12.3. The van der Waals surface area contributed by atoms with Crippen LogP contribution in [0.25, 0.3) is 0 Å². The predicted molar refractivity (Wildman–Crippen MR) is 75.2 cm³/mol. The summed E-state index contributed by atoms with van der Waals surface area (Å²) >= 11 is 0. The standard InChI is InChI=1S/C15H21N3O/c1-12(2)18(10-6-9-16)15(19)14(17)11-13-7-4-3-5-8-13/h3-5,7-8,12,14H,6,10-11,17H2,1-2H3/t14-/m1/s1. The summed E-state index contributed by atoms with van der Waals surface area (Å²) < 4.78 is 0. The van der Waals surface area contributed by atoms with E-state index in [0.717, 1.165) is 5.56 Å². The molecule has 2 N–H and O–H groups in total. The first-order valence-corrected chi connectivity index (χ1v) is 6.53. The number of nitrogens with zero attached hydrogens (tertiary/aromatic N) is 2. The van der Waals surface area contributed by atoms with Crippen molar-refractivity contribution < 1.29 is 4.79 Å². The fourth-order valence-corrected chi connectivity index (χ4v) is 1.96. The van der Waals surface area contributed by atoms with Crippen LogP contribution in [-0.4, -0.2) is 29.4 Å². The molecule has 0 saturated heterocycles. The van der Waals surface area contributed by atoms with Crippen LogP contribution < -0.4 is 5.73 Å². The van der Waals surface area contributed by atoms with Crippen LogP contribution in [0.15, 0.2) is 30.3 Å². The third-order valence-electron chi connectivity index (χ3n) is 2.99. The Labute approximate surface area is 114 Å². The summed E-state index contributed by atoms with van der Waals surface area (Å²) in [5.74, 6) is -0.0888. The quantitative estimate of drug-likeness (QED) is 0.845. The van der Waals surface area contributed by atoms with Gasteiger partial charge in [0, 0.05) is 12.6 Å². The molecule has 1 atom stereocenters. The van der Waals surface area contributed by atoms with Crippen molar-refractivity contribution in [3.8, 4) is 6.07 Å². The van der Waals surface area contributed by atoms with Crippen LogP contribution in [-0.2, 0) is 11.2 Å². The Kier molecular flexibility index (Phi) is 6.04. The lowest BCUT2D eigenvalue weighted by atomic mass is 10.0. The van der Waals surface area contributed by atoms with Gasteiger partial charge in [0.25, 0.3) is 0 Å². The van der Waals surface area contributed by atoms with Gasteiger partial charge in [-0.1, -0.05) is 30.3 Å². The number of carbonyl (C=O) groups is 1. The zero-order chi connectivity index (χ0) is 14.3. The van der Waals surface area contributed by atoms with Gasteiger partial charge in [-0.05, 0) is 25.8 Å². The minimum Gasteiger partial charge on any atom is -0.338 e. The molecule has 1 aromatic carbocycles. The molecule has 0 aromatic heterocycles. The van der Waals surface area contributed by atoms with Crippen molar-refractivity contribution in [2.45, 2.75) is 38.8 Å². The van der Waals surface area contributed by atoms with Crippen LogP contribution in [0.1, 0.15) is 25.8 Å². The van der Waals surface area contributed by atoms with Crippen molar-refractivity contribution in [1.82, 2.24) is 4.90 Å². The molecule has 0 aliphatic heterocycles. The van der Waals surface area contributed by atoms with E-state index >= 15 is 0 Å². The van der Waals surface area contributed by atoms with E-state index in [9.17, 15) is 4.79 Å². The highest BCUT2D eigenvalue weighted by Crippen LogP contribution is 2.07. The molecule has 0 unspecified atom stereocenters. The Balaban J connectivity index is 2.66. The van der Waals surface area contributed by atoms with Crippen molar-refractivity contribution in [2.75, 3.05) is 6.54 Å². The van der Waals surface area contributed by atoms with E-state index in [1.54, 1.807) is 4.90 Å². The highest BCUT2D eigenvalue weighted by atomic mass is 16.2. The molecule has 0 radical (unpaired) electrons. The topological polar surface area (TPSA) is 70.1 Å². The first-order valence-electron chi connectivity index (χ1n) is 6.53. The van der Waals surface area contributed by atoms with Gasteiger partial charge < -0.3 is 10.6 Å². The first-order chi connectivity index (χ1) is 9.06. The molecule has 0 saturated carbocycles. The van der Waals surface area contributed by atoms with Gasteiger partial charge in [-0.3, -0.25) is 4.79 Å². The van der Waals surface area contributed by atoms with Gasteiger partial charge >= 0.3 is 0 Å². The van der Waals surface area contributed by atoms with E-state index in [1.165, 1.54) is 0 Å². The lowest BCUT2D eigenvalue weighted by Gasteiger charge is -2.28. The zero-order valence-corrected chi connectivity index (χ0v) is 11.5. The monoisotopic (exact) mass is 259 g/mol. The molecule has 4 heteroatoms. The van der Waals surface area contributed by atoms with Crippen molar-refractivity contribution in [2.24, 2.45) is 5.73 Å². The predicted octanol–water partition coefficient (Wildman–Crippen LogP) is 1.71. The number of nitrogens with two attached hydrogens (primary N) is 1. The lowest BCUT2D eigenvalue weighted by molar-refractivity contribution is -0.134. The Morgan fingerprint density at radius 2 is 2.00 bits per heavy atom. The number of rotatable bonds is 6. The minimum absolute atomic E-state index is 0.0580. The second-order valence-corrected chi connectivity index (χ2v) is 4.83. The summed E-state index contributed by atoms with van der Waals surface area (Å²) in [5, 5.41) is 8.63. The molecule has 0 aliphatic rings. The maximum atomic E-state index is 12.3. The summed E-state index contributed by atoms with van der Waals surface area (Å²) in [6.07, 6.45) is 0.859. The van der Waals surface area contributed by atoms with Gasteiger partial charge in [-0.25, -0.2) is 0 Å². The summed E-state index contributed by atoms with van der Waals surface area (Å²) in [4.78, 5) is 14.0. The summed E-state index contributed by atoms with van der Waals surface area (Å²) in [6, 6.07) is 11.3. The molecule has 0 heterocycles. The number of nitriles is 1. The van der Waals surface area contributed by atoms with Crippen LogP contribution in [0.5, 0.6) is 0 Å². The third kappa shape index (κ3) is 4.72. The molecule has 0 fully saturated rings. The van der Waals surface area contributed by atoms with E-state index in [2.05, 4.69) is 6.07 Å². The van der Waals surface area contributed by atoms with E-state index in [4.69, 9.17) is 11.0 Å². The molecule has 4 nitrogen and oxygen atoms in total. The third-order valence-corrected chi connectivity index (χ3v) is 2.99. The van der Waals surface area contributed by atoms with Crippen LogP contribution in [0.3, 0.4) is 0 Å². The number of hydrogen-bond donors (Lipinski definition) is 1. The smallest absolute Gasteiger partial charge is 0.240 e. The second-order valence-electron chi connectivity index (χ2n) is 4.83. The average Bonchev–Trinajstić information content (AvgIpc) is 2.39. The van der Waals surface area contributed by atoms with Crippen molar-refractivity contribution in [3.05, 3.63) is 35.9 Å². The zero-order valence-electron chi connectivity index (χ0n) is 11.5. The number of benzene rings is 1. The van der Waals surface area contributed by atoms with E-state index < -0.39 is 6.04 Å². The second kappa shape index (κ2) is 7.55. The molecule has 0 bridgehead atoms. The highest BCUT2D eigenvalue weighted by molar-refractivity contribution is 5.82. The molecular formula is C15H21N3O. The van der Waals surface area contributed by atoms with E-state index in [1.807, 2.05) is 44.2 Å².